The van der Waals surface area contributed by atoms with Gasteiger partial charge in [-0.15, -0.1) is 11.3 Å². The highest BCUT2D eigenvalue weighted by Gasteiger charge is 2.21. The average molecular weight is 192 g/mol. The molecule has 1 heterocycles. The number of halogens is 3. The number of hydrogen-bond donors (Lipinski definition) is 0. The number of allylic oxidation sites excluding steroid dienone is 1. The van der Waals surface area contributed by atoms with Gasteiger partial charge in [-0.25, -0.2) is 0 Å². The Bertz CT molecular complexity index is 283. The van der Waals surface area contributed by atoms with E-state index in [-0.39, 0.29) is 6.08 Å². The van der Waals surface area contributed by atoms with E-state index in [1.165, 1.54) is 11.3 Å². The van der Waals surface area contributed by atoms with Gasteiger partial charge in [0.25, 0.3) is 0 Å². The molecule has 1 rings (SSSR count). The summed E-state index contributed by atoms with van der Waals surface area (Å²) >= 11 is 1.34. The quantitative estimate of drug-likeness (QED) is 0.637. The van der Waals surface area contributed by atoms with Crippen LogP contribution in [0.2, 0.25) is 0 Å². The van der Waals surface area contributed by atoms with E-state index < -0.39 is 6.18 Å². The van der Waals surface area contributed by atoms with Gasteiger partial charge in [0.2, 0.25) is 0 Å². The van der Waals surface area contributed by atoms with Gasteiger partial charge in [0.05, 0.1) is 0 Å². The molecular formula is C8H7F3S. The minimum Gasteiger partial charge on any atom is -0.167 e. The first kappa shape index (κ1) is 9.32. The van der Waals surface area contributed by atoms with Gasteiger partial charge in [0, 0.05) is 15.8 Å². The van der Waals surface area contributed by atoms with Crippen molar-refractivity contribution in [2.45, 2.75) is 13.1 Å². The van der Waals surface area contributed by atoms with E-state index in [4.69, 9.17) is 0 Å². The third kappa shape index (κ3) is 3.09. The Labute approximate surface area is 72.3 Å². The Balaban J connectivity index is 2.70. The minimum absolute atomic E-state index is 0.248. The van der Waals surface area contributed by atoms with E-state index in [1.807, 2.05) is 6.92 Å². The third-order valence-corrected chi connectivity index (χ3v) is 2.16. The van der Waals surface area contributed by atoms with Gasteiger partial charge >= 0.3 is 6.18 Å². The molecule has 12 heavy (non-hydrogen) atoms. The summed E-state index contributed by atoms with van der Waals surface area (Å²) in [4.78, 5) is 1.64. The van der Waals surface area contributed by atoms with Crippen molar-refractivity contribution < 1.29 is 13.2 Å². The minimum atomic E-state index is -4.21. The van der Waals surface area contributed by atoms with Gasteiger partial charge in [0.15, 0.2) is 0 Å². The normalized spacial score (nSPS) is 12.7. The fraction of sp³-hybridized carbons (Fsp3) is 0.250. The Morgan fingerprint density at radius 1 is 1.33 bits per heavy atom. The van der Waals surface area contributed by atoms with E-state index in [1.54, 1.807) is 12.1 Å². The van der Waals surface area contributed by atoms with Gasteiger partial charge in [-0.05, 0) is 25.1 Å². The van der Waals surface area contributed by atoms with Crippen LogP contribution in [0.25, 0.3) is 6.08 Å². The predicted molar refractivity (Wildman–Crippen MR) is 44.1 cm³/mol. The molecule has 0 radical (unpaired) electrons. The first-order valence-electron chi connectivity index (χ1n) is 3.30. The van der Waals surface area contributed by atoms with Crippen LogP contribution in [0.3, 0.4) is 0 Å². The zero-order valence-electron chi connectivity index (χ0n) is 6.35. The summed E-state index contributed by atoms with van der Waals surface area (Å²) in [6, 6.07) is 3.46. The molecular weight excluding hydrogens is 185 g/mol. The SMILES string of the molecule is Cc1ccc(/C=C/C(F)(F)F)s1. The largest absolute Gasteiger partial charge is 0.409 e. The maximum atomic E-state index is 11.7. The predicted octanol–water partition coefficient (Wildman–Crippen LogP) is 3.63. The lowest BCUT2D eigenvalue weighted by Crippen LogP contribution is -1.99. The zero-order chi connectivity index (χ0) is 9.19. The molecule has 0 amide bonds. The second kappa shape index (κ2) is 3.31. The van der Waals surface area contributed by atoms with E-state index in [0.29, 0.717) is 4.88 Å². The number of thiophene rings is 1. The second-order valence-electron chi connectivity index (χ2n) is 2.32. The van der Waals surface area contributed by atoms with Gasteiger partial charge in [-0.2, -0.15) is 13.2 Å². The van der Waals surface area contributed by atoms with Crippen LogP contribution >= 0.6 is 11.3 Å². The maximum absolute atomic E-state index is 11.7. The molecule has 66 valence electrons. The molecule has 4 heteroatoms. The molecule has 0 aliphatic rings. The summed E-state index contributed by atoms with van der Waals surface area (Å²) in [6.45, 7) is 1.86. The van der Waals surface area contributed by atoms with Crippen molar-refractivity contribution >= 4 is 17.4 Å². The van der Waals surface area contributed by atoms with Crippen molar-refractivity contribution in [2.75, 3.05) is 0 Å². The summed E-state index contributed by atoms with van der Waals surface area (Å²) in [7, 11) is 0. The Kier molecular flexibility index (Phi) is 2.57. The number of alkyl halides is 3. The van der Waals surface area contributed by atoms with Gasteiger partial charge in [-0.3, -0.25) is 0 Å². The number of aryl methyl sites for hydroxylation is 1. The van der Waals surface area contributed by atoms with E-state index >= 15 is 0 Å². The van der Waals surface area contributed by atoms with Crippen LogP contribution in [0.5, 0.6) is 0 Å². The lowest BCUT2D eigenvalue weighted by Gasteiger charge is -1.95. The lowest BCUT2D eigenvalue weighted by atomic mass is 10.4. The molecule has 0 spiro atoms. The highest BCUT2D eigenvalue weighted by atomic mass is 32.1. The van der Waals surface area contributed by atoms with E-state index in [2.05, 4.69) is 0 Å². The summed E-state index contributed by atoms with van der Waals surface area (Å²) < 4.78 is 35.0. The Morgan fingerprint density at radius 3 is 2.42 bits per heavy atom. The van der Waals surface area contributed by atoms with Crippen molar-refractivity contribution in [3.8, 4) is 0 Å². The highest BCUT2D eigenvalue weighted by Crippen LogP contribution is 2.21. The number of hydrogen-bond acceptors (Lipinski definition) is 1. The maximum Gasteiger partial charge on any atom is 0.409 e. The van der Waals surface area contributed by atoms with Crippen LogP contribution in [0, 0.1) is 6.92 Å². The van der Waals surface area contributed by atoms with E-state index in [9.17, 15) is 13.2 Å². The monoisotopic (exact) mass is 192 g/mol. The fourth-order valence-electron chi connectivity index (χ4n) is 0.720. The standard InChI is InChI=1S/C8H7F3S/c1-6-2-3-7(12-6)4-5-8(9,10)11/h2-5H,1H3/b5-4+. The van der Waals surface area contributed by atoms with Crippen LogP contribution in [0.15, 0.2) is 18.2 Å². The fourth-order valence-corrected chi connectivity index (χ4v) is 1.50. The van der Waals surface area contributed by atoms with Crippen molar-refractivity contribution in [1.29, 1.82) is 0 Å². The van der Waals surface area contributed by atoms with Crippen LogP contribution in [-0.2, 0) is 0 Å². The first-order chi connectivity index (χ1) is 5.47. The zero-order valence-corrected chi connectivity index (χ0v) is 7.17. The highest BCUT2D eigenvalue weighted by molar-refractivity contribution is 7.12. The molecule has 1 aromatic heterocycles. The number of rotatable bonds is 1. The third-order valence-electron chi connectivity index (χ3n) is 1.20. The molecule has 0 saturated carbocycles. The molecule has 0 aliphatic carbocycles. The second-order valence-corrected chi connectivity index (χ2v) is 3.64. The molecule has 0 nitrogen and oxygen atoms in total. The molecule has 0 atom stereocenters. The Hall–Kier alpha value is -0.770. The molecule has 0 bridgehead atoms. The summed E-state index contributed by atoms with van der Waals surface area (Å²) in [6.07, 6.45) is -2.88. The summed E-state index contributed by atoms with van der Waals surface area (Å²) in [5.41, 5.74) is 0. The first-order valence-corrected chi connectivity index (χ1v) is 4.11. The van der Waals surface area contributed by atoms with Crippen molar-refractivity contribution in [3.63, 3.8) is 0 Å². The van der Waals surface area contributed by atoms with Crippen LogP contribution in [-0.4, -0.2) is 6.18 Å². The van der Waals surface area contributed by atoms with Crippen molar-refractivity contribution in [3.05, 3.63) is 28.0 Å². The van der Waals surface area contributed by atoms with Gasteiger partial charge < -0.3 is 0 Å². The van der Waals surface area contributed by atoms with E-state index in [0.717, 1.165) is 11.0 Å². The van der Waals surface area contributed by atoms with Crippen molar-refractivity contribution in [1.82, 2.24) is 0 Å². The van der Waals surface area contributed by atoms with Gasteiger partial charge in [-0.1, -0.05) is 0 Å². The summed E-state index contributed by atoms with van der Waals surface area (Å²) in [5.74, 6) is 0. The topological polar surface area (TPSA) is 0 Å². The average Bonchev–Trinajstić information content (AvgIpc) is 2.30. The molecule has 0 saturated heterocycles. The van der Waals surface area contributed by atoms with Crippen LogP contribution in [0.1, 0.15) is 9.75 Å². The molecule has 0 aromatic carbocycles. The lowest BCUT2D eigenvalue weighted by molar-refractivity contribution is -0.0790. The van der Waals surface area contributed by atoms with Crippen LogP contribution < -0.4 is 0 Å². The Morgan fingerprint density at radius 2 is 2.00 bits per heavy atom. The molecule has 0 unspecified atom stereocenters. The molecule has 0 fully saturated rings. The van der Waals surface area contributed by atoms with Crippen molar-refractivity contribution in [2.24, 2.45) is 0 Å². The molecule has 0 N–H and O–H groups in total. The van der Waals surface area contributed by atoms with Gasteiger partial charge in [0.1, 0.15) is 0 Å². The summed E-state index contributed by atoms with van der Waals surface area (Å²) in [5, 5.41) is 0. The molecule has 1 aromatic rings. The smallest absolute Gasteiger partial charge is 0.167 e. The molecule has 0 aliphatic heterocycles. The van der Waals surface area contributed by atoms with Crippen LogP contribution in [0.4, 0.5) is 13.2 Å².